The van der Waals surface area contributed by atoms with Crippen LogP contribution < -0.4 is 26.9 Å². The fraction of sp³-hybridized carbons (Fsp3) is 0.344. The third-order valence-corrected chi connectivity index (χ3v) is 7.01. The van der Waals surface area contributed by atoms with Crippen LogP contribution in [0.1, 0.15) is 45.1 Å². The number of imide groups is 1. The highest BCUT2D eigenvalue weighted by molar-refractivity contribution is 6.12. The maximum atomic E-state index is 12.6. The van der Waals surface area contributed by atoms with Gasteiger partial charge < -0.3 is 30.8 Å². The summed E-state index contributed by atoms with van der Waals surface area (Å²) in [5.41, 5.74) is 7.44. The number of ether oxygens (including phenoxy) is 2. The molecule has 0 bridgehead atoms. The first-order valence-corrected chi connectivity index (χ1v) is 15.1. The second-order valence-corrected chi connectivity index (χ2v) is 11.2. The van der Waals surface area contributed by atoms with Crippen molar-refractivity contribution in [3.05, 3.63) is 88.3 Å². The molecule has 0 radical (unpaired) electrons. The Morgan fingerprint density at radius 2 is 1.62 bits per heavy atom. The first-order valence-electron chi connectivity index (χ1n) is 15.1. The van der Waals surface area contributed by atoms with E-state index >= 15 is 0 Å². The number of hydrogen-bond donors (Lipinski definition) is 4. The van der Waals surface area contributed by atoms with Crippen LogP contribution in [0.4, 0.5) is 16.2 Å². The van der Waals surface area contributed by atoms with E-state index in [4.69, 9.17) is 21.1 Å². The topological polar surface area (TPSA) is 230 Å². The van der Waals surface area contributed by atoms with Crippen LogP contribution in [0, 0.1) is 16.0 Å². The molecule has 1 aliphatic rings. The molecule has 0 spiro atoms. The van der Waals surface area contributed by atoms with E-state index in [1.807, 2.05) is 13.8 Å². The van der Waals surface area contributed by atoms with Gasteiger partial charge in [0.2, 0.25) is 11.8 Å². The van der Waals surface area contributed by atoms with Crippen LogP contribution in [0.2, 0.25) is 0 Å². The van der Waals surface area contributed by atoms with Crippen LogP contribution in [-0.2, 0) is 30.5 Å². The Morgan fingerprint density at radius 1 is 0.979 bits per heavy atom. The fourth-order valence-electron chi connectivity index (χ4n) is 4.54. The highest BCUT2D eigenvalue weighted by atomic mass is 16.7. The molecule has 0 saturated heterocycles. The number of nitrogens with zero attached hydrogens (tertiary/aromatic N) is 3. The van der Waals surface area contributed by atoms with Crippen LogP contribution >= 0.6 is 0 Å². The zero-order valence-electron chi connectivity index (χ0n) is 26.6. The average molecular weight is 666 g/mol. The number of benzene rings is 2. The van der Waals surface area contributed by atoms with Gasteiger partial charge >= 0.3 is 6.16 Å². The normalized spacial score (nSPS) is 13.3. The van der Waals surface area contributed by atoms with Gasteiger partial charge in [0.25, 0.3) is 17.5 Å². The Bertz CT molecular complexity index is 1520. The van der Waals surface area contributed by atoms with E-state index in [2.05, 4.69) is 10.6 Å². The van der Waals surface area contributed by atoms with E-state index in [-0.39, 0.29) is 60.3 Å². The molecular weight excluding hydrogens is 626 g/mol. The monoisotopic (exact) mass is 665 g/mol. The number of carbonyl (C=O) groups is 5. The van der Waals surface area contributed by atoms with Crippen molar-refractivity contribution < 1.29 is 38.4 Å². The number of rotatable bonds is 17. The predicted octanol–water partition coefficient (Wildman–Crippen LogP) is 2.85. The minimum atomic E-state index is -0.989. The van der Waals surface area contributed by atoms with E-state index in [0.29, 0.717) is 37.1 Å². The maximum Gasteiger partial charge on any atom is 0.514 e. The predicted molar refractivity (Wildman–Crippen MR) is 173 cm³/mol. The molecule has 1 heterocycles. The van der Waals surface area contributed by atoms with Gasteiger partial charge in [-0.15, -0.1) is 0 Å². The van der Waals surface area contributed by atoms with Gasteiger partial charge in [0, 0.05) is 54.8 Å². The maximum absolute atomic E-state index is 12.6. The molecule has 1 aliphatic heterocycles. The van der Waals surface area contributed by atoms with Gasteiger partial charge in [-0.1, -0.05) is 32.4 Å². The fourth-order valence-corrected chi connectivity index (χ4v) is 4.54. The molecule has 2 aromatic carbocycles. The lowest BCUT2D eigenvalue weighted by molar-refractivity contribution is -0.384. The van der Waals surface area contributed by atoms with Crippen LogP contribution in [0.5, 0.6) is 5.75 Å². The summed E-state index contributed by atoms with van der Waals surface area (Å²) < 4.78 is 10.0. The van der Waals surface area contributed by atoms with Gasteiger partial charge in [0.15, 0.2) is 0 Å². The number of unbranched alkanes of at least 4 members (excludes halogenated alkanes) is 2. The number of carbonyl (C=O) groups excluding carboxylic acids is 5. The molecule has 0 aliphatic carbocycles. The molecule has 0 saturated carbocycles. The number of nitro groups is 1. The van der Waals surface area contributed by atoms with Gasteiger partial charge in [-0.25, -0.2) is 10.6 Å². The van der Waals surface area contributed by atoms with Gasteiger partial charge in [-0.3, -0.25) is 34.2 Å². The minimum Gasteiger partial charge on any atom is -0.429 e. The van der Waals surface area contributed by atoms with Crippen molar-refractivity contribution in [3.8, 4) is 5.75 Å². The number of nitro benzene ring substituents is 1. The van der Waals surface area contributed by atoms with E-state index < -0.39 is 23.0 Å². The Labute approximate surface area is 276 Å². The second kappa shape index (κ2) is 17.8. The third-order valence-electron chi connectivity index (χ3n) is 7.01. The quantitative estimate of drug-likeness (QED) is 0.0364. The van der Waals surface area contributed by atoms with Gasteiger partial charge in [-0.05, 0) is 48.6 Å². The summed E-state index contributed by atoms with van der Waals surface area (Å²) in [6.07, 6.45) is 4.94. The smallest absolute Gasteiger partial charge is 0.429 e. The molecule has 16 heteroatoms. The summed E-state index contributed by atoms with van der Waals surface area (Å²) in [4.78, 5) is 71.6. The lowest BCUT2D eigenvalue weighted by Gasteiger charge is -2.25. The first-order chi connectivity index (χ1) is 22.8. The van der Waals surface area contributed by atoms with E-state index in [1.165, 1.54) is 47.5 Å². The number of hydrogen-bond acceptors (Lipinski definition) is 12. The average Bonchev–Trinajstić information content (AvgIpc) is 3.35. The summed E-state index contributed by atoms with van der Waals surface area (Å²) >= 11 is 0. The SMILES string of the molecule is CC(C)C(NC(=O)CCCCCN1C(=O)C=CC1=O)/C(N)=C/N(N)CC(=O)Nc1ccc(COC(=O)Oc2ccc([N+](=O)[O-])cc2)cc1. The summed E-state index contributed by atoms with van der Waals surface area (Å²) in [6.45, 7) is 3.72. The largest absolute Gasteiger partial charge is 0.514 e. The highest BCUT2D eigenvalue weighted by Gasteiger charge is 2.23. The number of amides is 4. The summed E-state index contributed by atoms with van der Waals surface area (Å²) in [5, 5.41) is 17.4. The minimum absolute atomic E-state index is 0.0706. The molecule has 6 N–H and O–H groups in total. The Hall–Kier alpha value is -5.77. The van der Waals surface area contributed by atoms with E-state index in [1.54, 1.807) is 24.3 Å². The van der Waals surface area contributed by atoms with Gasteiger partial charge in [0.05, 0.1) is 11.0 Å². The van der Waals surface area contributed by atoms with Crippen LogP contribution in [0.25, 0.3) is 0 Å². The second-order valence-electron chi connectivity index (χ2n) is 11.2. The molecule has 1 atom stereocenters. The molecule has 0 aromatic heterocycles. The Kier molecular flexibility index (Phi) is 13.6. The third kappa shape index (κ3) is 11.9. The molecule has 4 amide bonds. The van der Waals surface area contributed by atoms with Crippen molar-refractivity contribution in [2.75, 3.05) is 18.4 Å². The van der Waals surface area contributed by atoms with Crippen LogP contribution in [-0.4, -0.2) is 63.7 Å². The highest BCUT2D eigenvalue weighted by Crippen LogP contribution is 2.18. The summed E-state index contributed by atoms with van der Waals surface area (Å²) in [7, 11) is 0. The molecule has 2 aromatic rings. The van der Waals surface area contributed by atoms with Crippen molar-refractivity contribution in [1.82, 2.24) is 15.2 Å². The number of nitrogens with one attached hydrogen (secondary N) is 2. The molecule has 1 unspecified atom stereocenters. The zero-order valence-corrected chi connectivity index (χ0v) is 26.6. The molecule has 16 nitrogen and oxygen atoms in total. The number of anilines is 1. The van der Waals surface area contributed by atoms with Crippen molar-refractivity contribution in [2.45, 2.75) is 52.2 Å². The Morgan fingerprint density at radius 3 is 2.23 bits per heavy atom. The Balaban J connectivity index is 1.38. The van der Waals surface area contributed by atoms with Crippen LogP contribution in [0.15, 0.2) is 72.6 Å². The lowest BCUT2D eigenvalue weighted by atomic mass is 10.0. The van der Waals surface area contributed by atoms with E-state index in [9.17, 15) is 34.1 Å². The van der Waals surface area contributed by atoms with E-state index in [0.717, 1.165) is 5.01 Å². The number of non-ortho nitro benzene ring substituents is 1. The standard InChI is InChI=1S/C32H39N7O9/c1-21(2)31(36-27(40)6-4-3-5-17-38-29(42)15-16-30(38)43)26(33)18-37(34)19-28(41)35-23-9-7-22(8-10-23)20-47-32(44)48-25-13-11-24(12-14-25)39(45)46/h7-16,18,21,31H,3-6,17,19-20,33-34H2,1-2H3,(H,35,41)(H,36,40)/b26-18-. The molecule has 48 heavy (non-hydrogen) atoms. The molecular formula is C32H39N7O9. The lowest BCUT2D eigenvalue weighted by Crippen LogP contribution is -2.44. The van der Waals surface area contributed by atoms with Crippen molar-refractivity contribution in [1.29, 1.82) is 0 Å². The van der Waals surface area contributed by atoms with Gasteiger partial charge in [-0.2, -0.15) is 0 Å². The molecule has 3 rings (SSSR count). The summed E-state index contributed by atoms with van der Waals surface area (Å²) in [5.74, 6) is 4.73. The van der Waals surface area contributed by atoms with Crippen molar-refractivity contribution in [2.24, 2.45) is 17.5 Å². The zero-order chi connectivity index (χ0) is 35.2. The molecule has 0 fully saturated rings. The van der Waals surface area contributed by atoms with Crippen LogP contribution in [0.3, 0.4) is 0 Å². The van der Waals surface area contributed by atoms with Gasteiger partial charge in [0.1, 0.15) is 18.9 Å². The number of nitrogens with two attached hydrogens (primary N) is 2. The van der Waals surface area contributed by atoms with Crippen molar-refractivity contribution >= 4 is 41.2 Å². The first kappa shape index (κ1) is 36.7. The molecule has 256 valence electrons. The number of hydrazine groups is 1. The summed E-state index contributed by atoms with van der Waals surface area (Å²) in [6, 6.07) is 10.9. The van der Waals surface area contributed by atoms with Crippen molar-refractivity contribution in [3.63, 3.8) is 0 Å².